The Labute approximate surface area is 74.6 Å². The fourth-order valence-electron chi connectivity index (χ4n) is 1.41. The van der Waals surface area contributed by atoms with E-state index in [0.29, 0.717) is 16.7 Å². The van der Waals surface area contributed by atoms with Crippen molar-refractivity contribution in [3.05, 3.63) is 35.3 Å². The molecule has 1 aromatic heterocycles. The molecule has 3 heteroatoms. The molecule has 0 aliphatic carbocycles. The number of hydrogen-bond donors (Lipinski definition) is 1. The number of aliphatic hydroxyl groups is 1. The summed E-state index contributed by atoms with van der Waals surface area (Å²) in [4.78, 5) is 0. The molecule has 1 heterocycles. The molecule has 2 nitrogen and oxygen atoms in total. The number of benzene rings is 1. The Morgan fingerprint density at radius 2 is 2.15 bits per heavy atom. The zero-order valence-corrected chi connectivity index (χ0v) is 7.17. The summed E-state index contributed by atoms with van der Waals surface area (Å²) in [6, 6.07) is 4.45. The van der Waals surface area contributed by atoms with Crippen LogP contribution >= 0.6 is 0 Å². The van der Waals surface area contributed by atoms with Gasteiger partial charge in [-0.25, -0.2) is 4.39 Å². The first kappa shape index (κ1) is 8.26. The van der Waals surface area contributed by atoms with Gasteiger partial charge < -0.3 is 9.52 Å². The van der Waals surface area contributed by atoms with Gasteiger partial charge in [0.25, 0.3) is 0 Å². The quantitative estimate of drug-likeness (QED) is 0.730. The lowest BCUT2D eigenvalue weighted by molar-refractivity contribution is 0.251. The predicted molar refractivity (Wildman–Crippen MR) is 46.8 cm³/mol. The van der Waals surface area contributed by atoms with E-state index in [9.17, 15) is 4.39 Å². The molecule has 0 fully saturated rings. The van der Waals surface area contributed by atoms with E-state index in [-0.39, 0.29) is 12.4 Å². The largest absolute Gasteiger partial charge is 0.458 e. The Morgan fingerprint density at radius 3 is 2.85 bits per heavy atom. The van der Waals surface area contributed by atoms with E-state index in [1.54, 1.807) is 13.0 Å². The molecule has 68 valence electrons. The Balaban J connectivity index is 2.75. The lowest BCUT2D eigenvalue weighted by Crippen LogP contribution is -1.77. The fourth-order valence-corrected chi connectivity index (χ4v) is 1.41. The molecule has 0 radical (unpaired) electrons. The predicted octanol–water partition coefficient (Wildman–Crippen LogP) is 2.37. The summed E-state index contributed by atoms with van der Waals surface area (Å²) < 4.78 is 18.2. The zero-order valence-electron chi connectivity index (χ0n) is 7.17. The summed E-state index contributed by atoms with van der Waals surface area (Å²) in [6.07, 6.45) is 0. The SMILES string of the molecule is Cc1cc(F)cc2cc(CO)oc12. The van der Waals surface area contributed by atoms with Crippen LogP contribution in [0.3, 0.4) is 0 Å². The molecule has 13 heavy (non-hydrogen) atoms. The first-order valence-corrected chi connectivity index (χ1v) is 4.00. The van der Waals surface area contributed by atoms with Crippen LogP contribution in [0.1, 0.15) is 11.3 Å². The summed E-state index contributed by atoms with van der Waals surface area (Å²) in [5, 5.41) is 9.51. The van der Waals surface area contributed by atoms with Crippen LogP contribution in [0.4, 0.5) is 4.39 Å². The third-order valence-electron chi connectivity index (χ3n) is 1.97. The molecule has 1 aromatic carbocycles. The molecule has 0 unspecified atom stereocenters. The number of aliphatic hydroxyl groups excluding tert-OH is 1. The van der Waals surface area contributed by atoms with E-state index >= 15 is 0 Å². The lowest BCUT2D eigenvalue weighted by Gasteiger charge is -1.94. The third-order valence-corrected chi connectivity index (χ3v) is 1.97. The van der Waals surface area contributed by atoms with Gasteiger partial charge in [0.2, 0.25) is 0 Å². The Kier molecular flexibility index (Phi) is 1.81. The van der Waals surface area contributed by atoms with Crippen LogP contribution in [-0.2, 0) is 6.61 Å². The average molecular weight is 180 g/mol. The number of hydrogen-bond acceptors (Lipinski definition) is 2. The van der Waals surface area contributed by atoms with Crippen molar-refractivity contribution in [2.45, 2.75) is 13.5 Å². The number of aryl methyl sites for hydroxylation is 1. The van der Waals surface area contributed by atoms with E-state index < -0.39 is 0 Å². The Bertz CT molecular complexity index is 445. The standard InChI is InChI=1S/C10H9FO2/c1-6-2-8(11)3-7-4-9(5-12)13-10(6)7/h2-4,12H,5H2,1H3. The van der Waals surface area contributed by atoms with Gasteiger partial charge in [0.15, 0.2) is 0 Å². The van der Waals surface area contributed by atoms with E-state index in [2.05, 4.69) is 0 Å². The topological polar surface area (TPSA) is 33.4 Å². The molecule has 0 atom stereocenters. The average Bonchev–Trinajstić information content (AvgIpc) is 2.47. The first-order chi connectivity index (χ1) is 6.20. The summed E-state index contributed by atoms with van der Waals surface area (Å²) in [5.74, 6) is 0.180. The van der Waals surface area contributed by atoms with Gasteiger partial charge in [-0.3, -0.25) is 0 Å². The molecule has 0 saturated heterocycles. The molecular weight excluding hydrogens is 171 g/mol. The van der Waals surface area contributed by atoms with E-state index in [4.69, 9.17) is 9.52 Å². The molecule has 1 N–H and O–H groups in total. The van der Waals surface area contributed by atoms with E-state index in [1.165, 1.54) is 12.1 Å². The summed E-state index contributed by atoms with van der Waals surface area (Å²) in [6.45, 7) is 1.62. The van der Waals surface area contributed by atoms with Gasteiger partial charge in [0, 0.05) is 5.39 Å². The molecule has 0 bridgehead atoms. The van der Waals surface area contributed by atoms with Crippen molar-refractivity contribution in [3.8, 4) is 0 Å². The van der Waals surface area contributed by atoms with Crippen molar-refractivity contribution in [3.63, 3.8) is 0 Å². The van der Waals surface area contributed by atoms with Gasteiger partial charge in [-0.05, 0) is 30.7 Å². The van der Waals surface area contributed by atoms with Crippen molar-refractivity contribution < 1.29 is 13.9 Å². The van der Waals surface area contributed by atoms with Crippen LogP contribution in [0.15, 0.2) is 22.6 Å². The summed E-state index contributed by atoms with van der Waals surface area (Å²) >= 11 is 0. The highest BCUT2D eigenvalue weighted by molar-refractivity contribution is 5.81. The highest BCUT2D eigenvalue weighted by Crippen LogP contribution is 2.23. The molecule has 0 spiro atoms. The molecular formula is C10H9FO2. The minimum absolute atomic E-state index is 0.157. The van der Waals surface area contributed by atoms with Crippen LogP contribution in [-0.4, -0.2) is 5.11 Å². The number of rotatable bonds is 1. The smallest absolute Gasteiger partial charge is 0.137 e. The minimum atomic E-state index is -0.282. The van der Waals surface area contributed by atoms with Gasteiger partial charge in [-0.1, -0.05) is 0 Å². The fraction of sp³-hybridized carbons (Fsp3) is 0.200. The van der Waals surface area contributed by atoms with Crippen molar-refractivity contribution in [1.29, 1.82) is 0 Å². The van der Waals surface area contributed by atoms with Crippen molar-refractivity contribution in [1.82, 2.24) is 0 Å². The van der Waals surface area contributed by atoms with Gasteiger partial charge in [0.05, 0.1) is 0 Å². The number of furan rings is 1. The minimum Gasteiger partial charge on any atom is -0.458 e. The van der Waals surface area contributed by atoms with Gasteiger partial charge in [0.1, 0.15) is 23.8 Å². The van der Waals surface area contributed by atoms with Crippen LogP contribution in [0.2, 0.25) is 0 Å². The number of halogens is 1. The maximum Gasteiger partial charge on any atom is 0.137 e. The molecule has 2 aromatic rings. The third kappa shape index (κ3) is 1.31. The highest BCUT2D eigenvalue weighted by Gasteiger charge is 2.06. The maximum atomic E-state index is 12.9. The molecule has 0 saturated carbocycles. The second-order valence-corrected chi connectivity index (χ2v) is 3.01. The van der Waals surface area contributed by atoms with Crippen LogP contribution in [0, 0.1) is 12.7 Å². The number of fused-ring (bicyclic) bond motifs is 1. The monoisotopic (exact) mass is 180 g/mol. The van der Waals surface area contributed by atoms with Gasteiger partial charge in [-0.2, -0.15) is 0 Å². The van der Waals surface area contributed by atoms with Gasteiger partial charge in [-0.15, -0.1) is 0 Å². The lowest BCUT2D eigenvalue weighted by atomic mass is 10.2. The van der Waals surface area contributed by atoms with E-state index in [1.807, 2.05) is 0 Å². The van der Waals surface area contributed by atoms with Crippen LogP contribution in [0.25, 0.3) is 11.0 Å². The highest BCUT2D eigenvalue weighted by atomic mass is 19.1. The Hall–Kier alpha value is -1.35. The molecule has 2 rings (SSSR count). The Morgan fingerprint density at radius 1 is 1.38 bits per heavy atom. The summed E-state index contributed by atoms with van der Waals surface area (Å²) in [5.41, 5.74) is 1.39. The van der Waals surface area contributed by atoms with Gasteiger partial charge >= 0.3 is 0 Å². The van der Waals surface area contributed by atoms with Crippen LogP contribution in [0.5, 0.6) is 0 Å². The zero-order chi connectivity index (χ0) is 9.42. The van der Waals surface area contributed by atoms with Crippen molar-refractivity contribution in [2.75, 3.05) is 0 Å². The maximum absolute atomic E-state index is 12.9. The second-order valence-electron chi connectivity index (χ2n) is 3.01. The normalized spacial score (nSPS) is 11.0. The van der Waals surface area contributed by atoms with Crippen molar-refractivity contribution >= 4 is 11.0 Å². The molecule has 0 aliphatic heterocycles. The first-order valence-electron chi connectivity index (χ1n) is 4.00. The van der Waals surface area contributed by atoms with Crippen LogP contribution < -0.4 is 0 Å². The summed E-state index contributed by atoms with van der Waals surface area (Å²) in [7, 11) is 0. The second kappa shape index (κ2) is 2.85. The van der Waals surface area contributed by atoms with E-state index in [0.717, 1.165) is 5.56 Å². The molecule has 0 amide bonds. The van der Waals surface area contributed by atoms with Crippen molar-refractivity contribution in [2.24, 2.45) is 0 Å². The molecule has 0 aliphatic rings.